The highest BCUT2D eigenvalue weighted by molar-refractivity contribution is 7.18. The number of hydrogen-bond acceptors (Lipinski definition) is 6. The van der Waals surface area contributed by atoms with Crippen LogP contribution < -0.4 is 15.0 Å². The molecule has 8 heteroatoms. The molecule has 35 heavy (non-hydrogen) atoms. The highest BCUT2D eigenvalue weighted by Crippen LogP contribution is 2.35. The summed E-state index contributed by atoms with van der Waals surface area (Å²) in [6.07, 6.45) is 4.15. The van der Waals surface area contributed by atoms with Gasteiger partial charge in [0.25, 0.3) is 5.91 Å². The Morgan fingerprint density at radius 3 is 2.57 bits per heavy atom. The highest BCUT2D eigenvalue weighted by Gasteiger charge is 2.24. The number of piperidine rings is 1. The van der Waals surface area contributed by atoms with Crippen molar-refractivity contribution in [3.05, 3.63) is 58.1 Å². The molecular formula is C27H33ClN4O2S. The van der Waals surface area contributed by atoms with Gasteiger partial charge in [0.05, 0.1) is 17.2 Å². The highest BCUT2D eigenvalue weighted by atomic mass is 35.5. The molecule has 2 heterocycles. The lowest BCUT2D eigenvalue weighted by molar-refractivity contribution is 0.0986. The number of carbonyl (C=O) groups excluding carboxylic acids is 1. The first kappa shape index (κ1) is 25.6. The summed E-state index contributed by atoms with van der Waals surface area (Å²) in [5.41, 5.74) is 3.63. The summed E-state index contributed by atoms with van der Waals surface area (Å²) in [6.45, 7) is 9.70. The second kappa shape index (κ2) is 12.0. The number of nitrogens with zero attached hydrogens (tertiary/aromatic N) is 3. The third kappa shape index (κ3) is 6.21. The topological polar surface area (TPSA) is 67.4 Å². The molecule has 186 valence electrons. The van der Waals surface area contributed by atoms with Crippen molar-refractivity contribution < 1.29 is 9.53 Å². The number of halogens is 1. The zero-order chi connectivity index (χ0) is 24.8. The Labute approximate surface area is 216 Å². The maximum atomic E-state index is 13.3. The molecule has 4 rings (SSSR count). The molecule has 1 saturated heterocycles. The fourth-order valence-electron chi connectivity index (χ4n) is 4.37. The van der Waals surface area contributed by atoms with E-state index in [1.54, 1.807) is 17.0 Å². The van der Waals surface area contributed by atoms with E-state index in [0.717, 1.165) is 72.8 Å². The van der Waals surface area contributed by atoms with Gasteiger partial charge in [-0.3, -0.25) is 9.69 Å². The second-order valence-corrected chi connectivity index (χ2v) is 10.5. The summed E-state index contributed by atoms with van der Waals surface area (Å²) in [5.74, 6) is 1.40. The normalized spacial score (nSPS) is 14.2. The number of benzene rings is 2. The smallest absolute Gasteiger partial charge is 0.261 e. The molecule has 1 N–H and O–H groups in total. The number of aryl methyl sites for hydroxylation is 2. The van der Waals surface area contributed by atoms with Crippen molar-refractivity contribution in [3.63, 3.8) is 0 Å². The van der Waals surface area contributed by atoms with Crippen molar-refractivity contribution >= 4 is 34.0 Å². The number of anilines is 1. The van der Waals surface area contributed by atoms with Crippen LogP contribution in [0.4, 0.5) is 5.13 Å². The average molecular weight is 513 g/mol. The molecule has 0 aliphatic carbocycles. The molecule has 0 spiro atoms. The zero-order valence-electron chi connectivity index (χ0n) is 20.6. The van der Waals surface area contributed by atoms with E-state index in [1.165, 1.54) is 11.3 Å². The predicted octanol–water partition coefficient (Wildman–Crippen LogP) is 6.30. The fraction of sp³-hybridized carbons (Fsp3) is 0.444. The molecule has 1 fully saturated rings. The molecular weight excluding hydrogens is 480 g/mol. The van der Waals surface area contributed by atoms with Crippen molar-refractivity contribution in [2.24, 2.45) is 5.92 Å². The van der Waals surface area contributed by atoms with Crippen LogP contribution in [0.5, 0.6) is 5.75 Å². The Kier molecular flexibility index (Phi) is 8.76. The summed E-state index contributed by atoms with van der Waals surface area (Å²) >= 11 is 7.74. The lowest BCUT2D eigenvalue weighted by Gasteiger charge is -2.23. The maximum absolute atomic E-state index is 13.3. The number of carbonyl (C=O) groups is 1. The average Bonchev–Trinajstić information content (AvgIpc) is 3.34. The van der Waals surface area contributed by atoms with E-state index in [4.69, 9.17) is 16.3 Å². The first-order valence-corrected chi connectivity index (χ1v) is 13.5. The predicted molar refractivity (Wildman–Crippen MR) is 144 cm³/mol. The molecule has 1 aromatic heterocycles. The largest absolute Gasteiger partial charge is 0.493 e. The lowest BCUT2D eigenvalue weighted by Crippen LogP contribution is -2.32. The van der Waals surface area contributed by atoms with Gasteiger partial charge in [0.2, 0.25) is 5.13 Å². The summed E-state index contributed by atoms with van der Waals surface area (Å²) in [4.78, 5) is 15.0. The molecule has 2 aromatic carbocycles. The van der Waals surface area contributed by atoms with Crippen LogP contribution in [0.25, 0.3) is 10.6 Å². The van der Waals surface area contributed by atoms with Crippen LogP contribution in [-0.2, 0) is 0 Å². The Morgan fingerprint density at radius 1 is 1.17 bits per heavy atom. The van der Waals surface area contributed by atoms with Crippen molar-refractivity contribution in [3.8, 4) is 16.3 Å². The van der Waals surface area contributed by atoms with Crippen molar-refractivity contribution in [1.29, 1.82) is 0 Å². The van der Waals surface area contributed by atoms with Gasteiger partial charge in [0, 0.05) is 12.1 Å². The van der Waals surface area contributed by atoms with E-state index in [1.807, 2.05) is 12.1 Å². The second-order valence-electron chi connectivity index (χ2n) is 9.12. The molecule has 0 atom stereocenters. The summed E-state index contributed by atoms with van der Waals surface area (Å²) in [5, 5.41) is 14.0. The van der Waals surface area contributed by atoms with Gasteiger partial charge in [0.1, 0.15) is 10.8 Å². The summed E-state index contributed by atoms with van der Waals surface area (Å²) in [6, 6.07) is 11.3. The van der Waals surface area contributed by atoms with Gasteiger partial charge in [0.15, 0.2) is 0 Å². The van der Waals surface area contributed by atoms with Crippen LogP contribution in [0.3, 0.4) is 0 Å². The molecule has 0 radical (unpaired) electrons. The molecule has 0 saturated carbocycles. The van der Waals surface area contributed by atoms with Gasteiger partial charge < -0.3 is 10.1 Å². The number of ether oxygens (including phenoxy) is 1. The number of aromatic nitrogens is 2. The van der Waals surface area contributed by atoms with Crippen molar-refractivity contribution in [2.45, 2.75) is 46.5 Å². The molecule has 6 nitrogen and oxygen atoms in total. The standard InChI is InChI=1S/C27H33ClN4O2S/c1-4-5-14-32(26(33)22-8-6-7-9-23(22)28)27-31-30-25(35-27)21-15-18(2)24(19(3)16-21)34-17-20-10-12-29-13-11-20/h6-9,15-16,20,29H,4-5,10-14,17H2,1-3H3. The summed E-state index contributed by atoms with van der Waals surface area (Å²) in [7, 11) is 0. The Balaban J connectivity index is 1.54. The van der Waals surface area contributed by atoms with Gasteiger partial charge in [-0.2, -0.15) is 0 Å². The van der Waals surface area contributed by atoms with E-state index in [0.29, 0.717) is 28.2 Å². The van der Waals surface area contributed by atoms with Crippen LogP contribution in [0.1, 0.15) is 54.1 Å². The number of amides is 1. The monoisotopic (exact) mass is 512 g/mol. The van der Waals surface area contributed by atoms with Gasteiger partial charge in [-0.1, -0.05) is 48.4 Å². The minimum absolute atomic E-state index is 0.152. The Bertz CT molecular complexity index is 1140. The van der Waals surface area contributed by atoms with Crippen LogP contribution >= 0.6 is 22.9 Å². The minimum Gasteiger partial charge on any atom is -0.493 e. The molecule has 0 bridgehead atoms. The van der Waals surface area contributed by atoms with Crippen LogP contribution in [0, 0.1) is 19.8 Å². The molecule has 1 aliphatic heterocycles. The first-order chi connectivity index (χ1) is 17.0. The van der Waals surface area contributed by atoms with Gasteiger partial charge in [-0.15, -0.1) is 10.2 Å². The molecule has 3 aromatic rings. The van der Waals surface area contributed by atoms with E-state index in [9.17, 15) is 4.79 Å². The van der Waals surface area contributed by atoms with Crippen LogP contribution in [0.2, 0.25) is 5.02 Å². The number of unbranched alkanes of at least 4 members (excludes halogenated alkanes) is 1. The van der Waals surface area contributed by atoms with E-state index < -0.39 is 0 Å². The van der Waals surface area contributed by atoms with Gasteiger partial charge >= 0.3 is 0 Å². The number of nitrogens with one attached hydrogen (secondary N) is 1. The quantitative estimate of drug-likeness (QED) is 0.364. The van der Waals surface area contributed by atoms with Gasteiger partial charge in [-0.25, -0.2) is 0 Å². The molecule has 1 aliphatic rings. The Hall–Kier alpha value is -2.48. The number of rotatable bonds is 9. The van der Waals surface area contributed by atoms with Crippen LogP contribution in [-0.4, -0.2) is 42.3 Å². The first-order valence-electron chi connectivity index (χ1n) is 12.3. The van der Waals surface area contributed by atoms with Gasteiger partial charge in [-0.05, 0) is 87.5 Å². The maximum Gasteiger partial charge on any atom is 0.261 e. The van der Waals surface area contributed by atoms with Crippen molar-refractivity contribution in [1.82, 2.24) is 15.5 Å². The van der Waals surface area contributed by atoms with Crippen molar-refractivity contribution in [2.75, 3.05) is 31.1 Å². The van der Waals surface area contributed by atoms with Crippen LogP contribution in [0.15, 0.2) is 36.4 Å². The minimum atomic E-state index is -0.152. The number of hydrogen-bond donors (Lipinski definition) is 1. The third-order valence-corrected chi connectivity index (χ3v) is 7.68. The zero-order valence-corrected chi connectivity index (χ0v) is 22.2. The fourth-order valence-corrected chi connectivity index (χ4v) is 5.45. The third-order valence-electron chi connectivity index (χ3n) is 6.36. The SMILES string of the molecule is CCCCN(C(=O)c1ccccc1Cl)c1nnc(-c2cc(C)c(OCC3CCNCC3)c(C)c2)s1. The van der Waals surface area contributed by atoms with E-state index in [2.05, 4.69) is 48.4 Å². The summed E-state index contributed by atoms with van der Waals surface area (Å²) < 4.78 is 6.25. The molecule has 1 amide bonds. The van der Waals surface area contributed by atoms with E-state index in [-0.39, 0.29) is 5.91 Å². The Morgan fingerprint density at radius 2 is 1.89 bits per heavy atom. The lowest BCUT2D eigenvalue weighted by atomic mass is 9.99. The van der Waals surface area contributed by atoms with E-state index >= 15 is 0 Å². The molecule has 0 unspecified atom stereocenters.